The van der Waals surface area contributed by atoms with Gasteiger partial charge in [0.1, 0.15) is 12.4 Å². The number of aromatic nitrogens is 2. The molecule has 2 aromatic rings. The Labute approximate surface area is 127 Å². The second-order valence-corrected chi connectivity index (χ2v) is 5.05. The minimum absolute atomic E-state index is 0.157. The van der Waals surface area contributed by atoms with E-state index in [0.29, 0.717) is 37.3 Å². The third kappa shape index (κ3) is 3.33. The molecule has 0 radical (unpaired) electrons. The maximum Gasteiger partial charge on any atom is 0.306 e. The van der Waals surface area contributed by atoms with Crippen LogP contribution >= 0.6 is 0 Å². The molecule has 0 saturated carbocycles. The standard InChI is InChI=1S/C16H16N2O4/c19-15-6-5-14(22-15)16(20)12-1-3-13(4-2-12)21-10-9-18-8-7-17-11-18/h1-4,7-8,11,14H,5-6,9-10H2. The van der Waals surface area contributed by atoms with Gasteiger partial charge in [-0.1, -0.05) is 0 Å². The molecule has 0 aliphatic carbocycles. The molecule has 1 fully saturated rings. The lowest BCUT2D eigenvalue weighted by Crippen LogP contribution is -2.20. The van der Waals surface area contributed by atoms with Crippen molar-refractivity contribution in [2.45, 2.75) is 25.5 Å². The van der Waals surface area contributed by atoms with Crippen LogP contribution in [0.4, 0.5) is 0 Å². The summed E-state index contributed by atoms with van der Waals surface area (Å²) in [6.45, 7) is 1.22. The highest BCUT2D eigenvalue weighted by Crippen LogP contribution is 2.20. The van der Waals surface area contributed by atoms with Gasteiger partial charge in [-0.15, -0.1) is 0 Å². The van der Waals surface area contributed by atoms with Crippen molar-refractivity contribution in [1.29, 1.82) is 0 Å². The summed E-state index contributed by atoms with van der Waals surface area (Å²) in [7, 11) is 0. The van der Waals surface area contributed by atoms with Crippen molar-refractivity contribution in [2.75, 3.05) is 6.61 Å². The fourth-order valence-electron chi connectivity index (χ4n) is 2.30. The number of cyclic esters (lactones) is 1. The number of carbonyl (C=O) groups is 2. The molecule has 1 aliphatic rings. The zero-order valence-electron chi connectivity index (χ0n) is 12.0. The average Bonchev–Trinajstić information content (AvgIpc) is 3.19. The first kappa shape index (κ1) is 14.3. The quantitative estimate of drug-likeness (QED) is 0.601. The number of imidazole rings is 1. The van der Waals surface area contributed by atoms with Gasteiger partial charge in [-0.2, -0.15) is 0 Å². The van der Waals surface area contributed by atoms with E-state index < -0.39 is 6.10 Å². The number of carbonyl (C=O) groups excluding carboxylic acids is 2. The third-order valence-corrected chi connectivity index (χ3v) is 3.49. The molecule has 0 N–H and O–H groups in total. The van der Waals surface area contributed by atoms with Crippen molar-refractivity contribution in [3.05, 3.63) is 48.5 Å². The van der Waals surface area contributed by atoms with E-state index in [1.807, 2.05) is 10.8 Å². The smallest absolute Gasteiger partial charge is 0.306 e. The number of ether oxygens (including phenoxy) is 2. The van der Waals surface area contributed by atoms with Crippen LogP contribution in [0.1, 0.15) is 23.2 Å². The van der Waals surface area contributed by atoms with E-state index in [2.05, 4.69) is 4.98 Å². The van der Waals surface area contributed by atoms with Gasteiger partial charge in [0.25, 0.3) is 0 Å². The summed E-state index contributed by atoms with van der Waals surface area (Å²) in [6, 6.07) is 6.89. The van der Waals surface area contributed by atoms with Crippen molar-refractivity contribution < 1.29 is 19.1 Å². The minimum atomic E-state index is -0.638. The lowest BCUT2D eigenvalue weighted by molar-refractivity contribution is -0.140. The van der Waals surface area contributed by atoms with Crippen molar-refractivity contribution in [2.24, 2.45) is 0 Å². The molecule has 114 valence electrons. The molecule has 1 saturated heterocycles. The summed E-state index contributed by atoms with van der Waals surface area (Å²) in [5.41, 5.74) is 0.529. The molecule has 1 aliphatic heterocycles. The van der Waals surface area contributed by atoms with E-state index >= 15 is 0 Å². The maximum atomic E-state index is 12.1. The van der Waals surface area contributed by atoms with Crippen LogP contribution in [0.2, 0.25) is 0 Å². The van der Waals surface area contributed by atoms with E-state index in [9.17, 15) is 9.59 Å². The highest BCUT2D eigenvalue weighted by atomic mass is 16.6. The van der Waals surface area contributed by atoms with E-state index in [-0.39, 0.29) is 11.8 Å². The first-order valence-electron chi connectivity index (χ1n) is 7.15. The molecule has 1 aromatic carbocycles. The van der Waals surface area contributed by atoms with Gasteiger partial charge >= 0.3 is 5.97 Å². The third-order valence-electron chi connectivity index (χ3n) is 3.49. The molecule has 2 heterocycles. The van der Waals surface area contributed by atoms with Crippen LogP contribution in [0, 0.1) is 0 Å². The lowest BCUT2D eigenvalue weighted by atomic mass is 10.0. The molecule has 1 unspecified atom stereocenters. The molecule has 0 bridgehead atoms. The molecule has 6 heteroatoms. The van der Waals surface area contributed by atoms with Crippen LogP contribution in [0.3, 0.4) is 0 Å². The van der Waals surface area contributed by atoms with E-state index in [1.54, 1.807) is 36.8 Å². The Bertz CT molecular complexity index is 649. The van der Waals surface area contributed by atoms with Gasteiger partial charge in [-0.05, 0) is 24.3 Å². The summed E-state index contributed by atoms with van der Waals surface area (Å²) in [5, 5.41) is 0. The van der Waals surface area contributed by atoms with Crippen molar-refractivity contribution in [3.8, 4) is 5.75 Å². The number of hydrogen-bond donors (Lipinski definition) is 0. The number of esters is 1. The van der Waals surface area contributed by atoms with E-state index in [1.165, 1.54) is 0 Å². The normalized spacial score (nSPS) is 17.3. The number of benzene rings is 1. The molecular weight excluding hydrogens is 284 g/mol. The molecule has 1 atom stereocenters. The molecule has 0 spiro atoms. The second kappa shape index (κ2) is 6.43. The Morgan fingerprint density at radius 2 is 2.18 bits per heavy atom. The Morgan fingerprint density at radius 1 is 1.36 bits per heavy atom. The second-order valence-electron chi connectivity index (χ2n) is 5.05. The van der Waals surface area contributed by atoms with Gasteiger partial charge in [0.15, 0.2) is 6.10 Å². The number of Topliss-reactive ketones (excluding diaryl/α,β-unsaturated/α-hetero) is 1. The summed E-state index contributed by atoms with van der Waals surface area (Å²) < 4.78 is 12.5. The summed E-state index contributed by atoms with van der Waals surface area (Å²) in [6.07, 6.45) is 5.45. The van der Waals surface area contributed by atoms with Gasteiger partial charge in [0, 0.05) is 30.8 Å². The van der Waals surface area contributed by atoms with Gasteiger partial charge in [-0.3, -0.25) is 9.59 Å². The van der Waals surface area contributed by atoms with Crippen LogP contribution in [0.5, 0.6) is 5.75 Å². The van der Waals surface area contributed by atoms with Gasteiger partial charge in [0.2, 0.25) is 5.78 Å². The molecule has 22 heavy (non-hydrogen) atoms. The van der Waals surface area contributed by atoms with Gasteiger partial charge in [0.05, 0.1) is 12.9 Å². The topological polar surface area (TPSA) is 70.4 Å². The highest BCUT2D eigenvalue weighted by molar-refractivity contribution is 6.01. The fraction of sp³-hybridized carbons (Fsp3) is 0.312. The SMILES string of the molecule is O=C1CCC(C(=O)c2ccc(OCCn3ccnc3)cc2)O1. The predicted octanol–water partition coefficient (Wildman–Crippen LogP) is 1.85. The number of ketones is 1. The molecule has 3 rings (SSSR count). The number of nitrogens with zero attached hydrogens (tertiary/aromatic N) is 2. The molecule has 1 aromatic heterocycles. The van der Waals surface area contributed by atoms with Crippen LogP contribution in [0.25, 0.3) is 0 Å². The first-order chi connectivity index (χ1) is 10.7. The van der Waals surface area contributed by atoms with E-state index in [4.69, 9.17) is 9.47 Å². The lowest BCUT2D eigenvalue weighted by Gasteiger charge is -2.10. The summed E-state index contributed by atoms with van der Waals surface area (Å²) in [5.74, 6) is 0.230. The van der Waals surface area contributed by atoms with Crippen LogP contribution in [-0.2, 0) is 16.1 Å². The first-order valence-corrected chi connectivity index (χ1v) is 7.15. The number of hydrogen-bond acceptors (Lipinski definition) is 5. The van der Waals surface area contributed by atoms with Crippen LogP contribution in [0.15, 0.2) is 43.0 Å². The van der Waals surface area contributed by atoms with Crippen LogP contribution < -0.4 is 4.74 Å². The zero-order chi connectivity index (χ0) is 15.4. The Kier molecular flexibility index (Phi) is 4.18. The molecule has 0 amide bonds. The largest absolute Gasteiger partial charge is 0.492 e. The summed E-state index contributed by atoms with van der Waals surface area (Å²) >= 11 is 0. The predicted molar refractivity (Wildman–Crippen MR) is 77.6 cm³/mol. The monoisotopic (exact) mass is 300 g/mol. The zero-order valence-corrected chi connectivity index (χ0v) is 12.0. The van der Waals surface area contributed by atoms with Crippen molar-refractivity contribution >= 4 is 11.8 Å². The van der Waals surface area contributed by atoms with E-state index in [0.717, 1.165) is 0 Å². The maximum absolute atomic E-state index is 12.1. The molecular formula is C16H16N2O4. The average molecular weight is 300 g/mol. The van der Waals surface area contributed by atoms with Crippen LogP contribution in [-0.4, -0.2) is 34.0 Å². The Morgan fingerprint density at radius 3 is 2.82 bits per heavy atom. The fourth-order valence-corrected chi connectivity index (χ4v) is 2.30. The summed E-state index contributed by atoms with van der Waals surface area (Å²) in [4.78, 5) is 27.2. The Hall–Kier alpha value is -2.63. The Balaban J connectivity index is 1.53. The van der Waals surface area contributed by atoms with Crippen molar-refractivity contribution in [3.63, 3.8) is 0 Å². The highest BCUT2D eigenvalue weighted by Gasteiger charge is 2.30. The van der Waals surface area contributed by atoms with Crippen molar-refractivity contribution in [1.82, 2.24) is 9.55 Å². The number of rotatable bonds is 6. The molecule has 6 nitrogen and oxygen atoms in total. The van der Waals surface area contributed by atoms with Gasteiger partial charge < -0.3 is 14.0 Å². The van der Waals surface area contributed by atoms with Gasteiger partial charge in [-0.25, -0.2) is 4.98 Å². The minimum Gasteiger partial charge on any atom is -0.492 e.